The topological polar surface area (TPSA) is 101 Å². The summed E-state index contributed by atoms with van der Waals surface area (Å²) in [6.45, 7) is -1.02. The zero-order valence-electron chi connectivity index (χ0n) is 14.4. The van der Waals surface area contributed by atoms with E-state index in [1.807, 2.05) is 6.92 Å². The highest BCUT2D eigenvalue weighted by molar-refractivity contribution is 7.13. The molecule has 0 radical (unpaired) electrons. The predicted molar refractivity (Wildman–Crippen MR) is 99.1 cm³/mol. The molecule has 1 amide bonds. The quantitative estimate of drug-likeness (QED) is 0.530. The third kappa shape index (κ3) is 3.39. The minimum atomic E-state index is -2.84. The molecule has 0 bridgehead atoms. The second-order valence-electron chi connectivity index (χ2n) is 5.74. The first-order valence-corrected chi connectivity index (χ1v) is 8.97. The third-order valence-corrected chi connectivity index (χ3v) is 4.76. The van der Waals surface area contributed by atoms with Gasteiger partial charge in [-0.1, -0.05) is 6.07 Å². The van der Waals surface area contributed by atoms with Crippen molar-refractivity contribution in [1.29, 1.82) is 0 Å². The molecule has 142 valence electrons. The summed E-state index contributed by atoms with van der Waals surface area (Å²) < 4.78 is 26.6. The van der Waals surface area contributed by atoms with Gasteiger partial charge in [0.1, 0.15) is 16.4 Å². The Bertz CT molecular complexity index is 1120. The fourth-order valence-electron chi connectivity index (χ4n) is 2.54. The zero-order valence-corrected chi connectivity index (χ0v) is 15.2. The summed E-state index contributed by atoms with van der Waals surface area (Å²) >= 11 is 1.29. The van der Waals surface area contributed by atoms with Crippen molar-refractivity contribution in [2.75, 3.05) is 5.32 Å². The molecule has 0 spiro atoms. The lowest BCUT2D eigenvalue weighted by atomic mass is 10.2. The van der Waals surface area contributed by atoms with Gasteiger partial charge < -0.3 is 5.32 Å². The largest absolute Gasteiger partial charge is 0.333 e. The summed E-state index contributed by atoms with van der Waals surface area (Å²) in [4.78, 5) is 21.0. The monoisotopic (exact) mass is 401 g/mol. The molecule has 28 heavy (non-hydrogen) atoms. The molecular weight excluding hydrogens is 388 g/mol. The van der Waals surface area contributed by atoms with Crippen molar-refractivity contribution in [3.8, 4) is 22.0 Å². The molecule has 2 N–H and O–H groups in total. The van der Waals surface area contributed by atoms with E-state index in [4.69, 9.17) is 0 Å². The van der Waals surface area contributed by atoms with Gasteiger partial charge >= 0.3 is 6.55 Å². The predicted octanol–water partition coefficient (Wildman–Crippen LogP) is 3.75. The van der Waals surface area contributed by atoms with E-state index in [0.29, 0.717) is 15.4 Å². The van der Waals surface area contributed by atoms with E-state index in [1.165, 1.54) is 17.5 Å². The summed E-state index contributed by atoms with van der Waals surface area (Å²) in [7, 11) is 0. The number of carbonyl (C=O) groups is 1. The van der Waals surface area contributed by atoms with Gasteiger partial charge in [-0.05, 0) is 19.1 Å². The second kappa shape index (κ2) is 7.27. The molecule has 4 aromatic rings. The molecule has 4 aromatic heterocycles. The number of alkyl halides is 2. The number of halogens is 2. The molecule has 0 aromatic carbocycles. The first-order valence-electron chi connectivity index (χ1n) is 8.09. The van der Waals surface area contributed by atoms with E-state index >= 15 is 0 Å². The van der Waals surface area contributed by atoms with E-state index in [0.717, 1.165) is 17.5 Å². The fraction of sp³-hybridized carbons (Fsp3) is 0.118. The molecule has 4 heterocycles. The Labute approximate surface area is 161 Å². The highest BCUT2D eigenvalue weighted by Gasteiger charge is 2.20. The SMILES string of the molecule is Cc1n[nH]cc1-c1nc(C(=O)Nc2cn(C(F)F)nc2-c2ccccn2)cs1. The molecule has 8 nitrogen and oxygen atoms in total. The number of thiazole rings is 1. The van der Waals surface area contributed by atoms with Crippen LogP contribution >= 0.6 is 11.3 Å². The van der Waals surface area contributed by atoms with E-state index in [1.54, 1.807) is 29.8 Å². The first-order chi connectivity index (χ1) is 13.5. The summed E-state index contributed by atoms with van der Waals surface area (Å²) in [6.07, 6.45) is 4.28. The van der Waals surface area contributed by atoms with Crippen molar-refractivity contribution < 1.29 is 13.6 Å². The van der Waals surface area contributed by atoms with Crippen LogP contribution in [0.1, 0.15) is 22.7 Å². The van der Waals surface area contributed by atoms with Gasteiger partial charge in [0.05, 0.1) is 28.8 Å². The van der Waals surface area contributed by atoms with E-state index in [2.05, 4.69) is 30.6 Å². The Balaban J connectivity index is 1.63. The molecule has 0 saturated carbocycles. The standard InChI is InChI=1S/C17H13F2N7OS/c1-9-10(6-21-24-9)16-23-13(8-28-16)15(27)22-12-7-26(17(18)19)25-14(12)11-4-2-3-5-20-11/h2-8,17H,1H3,(H,21,24)(H,22,27). The van der Waals surface area contributed by atoms with Crippen LogP contribution in [0.25, 0.3) is 22.0 Å². The van der Waals surface area contributed by atoms with Gasteiger partial charge in [-0.2, -0.15) is 19.0 Å². The fourth-order valence-corrected chi connectivity index (χ4v) is 3.41. The van der Waals surface area contributed by atoms with Crippen LogP contribution in [0.3, 0.4) is 0 Å². The normalized spacial score (nSPS) is 11.1. The highest BCUT2D eigenvalue weighted by Crippen LogP contribution is 2.29. The first kappa shape index (κ1) is 17.9. The Kier molecular flexibility index (Phi) is 4.65. The molecule has 0 aliphatic heterocycles. The van der Waals surface area contributed by atoms with E-state index in [9.17, 15) is 13.6 Å². The maximum absolute atomic E-state index is 13.1. The van der Waals surface area contributed by atoms with Crippen LogP contribution < -0.4 is 5.32 Å². The molecular formula is C17H13F2N7OS. The number of nitrogens with one attached hydrogen (secondary N) is 2. The van der Waals surface area contributed by atoms with Gasteiger partial charge in [0.15, 0.2) is 0 Å². The molecule has 4 rings (SSSR count). The van der Waals surface area contributed by atoms with Crippen LogP contribution in [-0.4, -0.2) is 35.9 Å². The number of amides is 1. The van der Waals surface area contributed by atoms with Crippen molar-refractivity contribution in [1.82, 2.24) is 29.9 Å². The second-order valence-corrected chi connectivity index (χ2v) is 6.60. The number of aryl methyl sites for hydroxylation is 1. The van der Waals surface area contributed by atoms with Crippen LogP contribution in [0.2, 0.25) is 0 Å². The van der Waals surface area contributed by atoms with Crippen LogP contribution in [-0.2, 0) is 0 Å². The highest BCUT2D eigenvalue weighted by atomic mass is 32.1. The van der Waals surface area contributed by atoms with Gasteiger partial charge in [-0.15, -0.1) is 11.3 Å². The van der Waals surface area contributed by atoms with Crippen molar-refractivity contribution >= 4 is 22.9 Å². The third-order valence-electron chi connectivity index (χ3n) is 3.89. The summed E-state index contributed by atoms with van der Waals surface area (Å²) in [5.74, 6) is -0.533. The lowest BCUT2D eigenvalue weighted by Gasteiger charge is -2.03. The number of H-pyrrole nitrogens is 1. The van der Waals surface area contributed by atoms with Crippen LogP contribution in [0.5, 0.6) is 0 Å². The van der Waals surface area contributed by atoms with Gasteiger partial charge in [0.25, 0.3) is 5.91 Å². The number of hydrogen-bond donors (Lipinski definition) is 2. The van der Waals surface area contributed by atoms with Crippen LogP contribution in [0, 0.1) is 6.92 Å². The molecule has 0 aliphatic carbocycles. The number of nitrogens with zero attached hydrogens (tertiary/aromatic N) is 5. The van der Waals surface area contributed by atoms with E-state index in [-0.39, 0.29) is 17.1 Å². The molecule has 0 atom stereocenters. The molecule has 11 heteroatoms. The van der Waals surface area contributed by atoms with Crippen LogP contribution in [0.15, 0.2) is 42.2 Å². The van der Waals surface area contributed by atoms with Crippen molar-refractivity contribution in [3.63, 3.8) is 0 Å². The summed E-state index contributed by atoms with van der Waals surface area (Å²) in [6, 6.07) is 5.02. The number of aromatic amines is 1. The number of pyridine rings is 1. The zero-order chi connectivity index (χ0) is 19.7. The Morgan fingerprint density at radius 2 is 2.21 bits per heavy atom. The maximum Gasteiger partial charge on any atom is 0.333 e. The van der Waals surface area contributed by atoms with Gasteiger partial charge in [0, 0.05) is 17.8 Å². The van der Waals surface area contributed by atoms with Crippen LogP contribution in [0.4, 0.5) is 14.5 Å². The van der Waals surface area contributed by atoms with E-state index < -0.39 is 12.5 Å². The number of carbonyl (C=O) groups excluding carboxylic acids is 1. The minimum Gasteiger partial charge on any atom is -0.317 e. The molecule has 0 fully saturated rings. The number of anilines is 1. The Morgan fingerprint density at radius 3 is 2.89 bits per heavy atom. The Morgan fingerprint density at radius 1 is 1.36 bits per heavy atom. The number of aromatic nitrogens is 6. The lowest BCUT2D eigenvalue weighted by molar-refractivity contribution is 0.0568. The van der Waals surface area contributed by atoms with Crippen molar-refractivity contribution in [2.45, 2.75) is 13.5 Å². The number of hydrogen-bond acceptors (Lipinski definition) is 6. The number of rotatable bonds is 5. The summed E-state index contributed by atoms with van der Waals surface area (Å²) in [5, 5.41) is 15.4. The lowest BCUT2D eigenvalue weighted by Crippen LogP contribution is -2.12. The Hall–Kier alpha value is -3.47. The molecule has 0 saturated heterocycles. The van der Waals surface area contributed by atoms with Gasteiger partial charge in [0.2, 0.25) is 0 Å². The molecule has 0 aliphatic rings. The molecule has 0 unspecified atom stereocenters. The maximum atomic E-state index is 13.1. The van der Waals surface area contributed by atoms with Gasteiger partial charge in [-0.3, -0.25) is 14.9 Å². The minimum absolute atomic E-state index is 0.123. The average molecular weight is 401 g/mol. The van der Waals surface area contributed by atoms with Crippen molar-refractivity contribution in [3.05, 3.63) is 53.6 Å². The smallest absolute Gasteiger partial charge is 0.317 e. The van der Waals surface area contributed by atoms with Crippen molar-refractivity contribution in [2.24, 2.45) is 0 Å². The summed E-state index contributed by atoms with van der Waals surface area (Å²) in [5.41, 5.74) is 2.36. The van der Waals surface area contributed by atoms with Gasteiger partial charge in [-0.25, -0.2) is 9.67 Å². The average Bonchev–Trinajstić information content (AvgIpc) is 3.41.